The largest absolute Gasteiger partial charge is 0.373 e. The lowest BCUT2D eigenvalue weighted by molar-refractivity contribution is 0.407. The molecule has 2 heteroatoms. The highest BCUT2D eigenvalue weighted by molar-refractivity contribution is 6.30. The first-order valence-corrected chi connectivity index (χ1v) is 4.50. The maximum atomic E-state index is 5.84. The van der Waals surface area contributed by atoms with Crippen LogP contribution in [-0.4, -0.2) is 12.7 Å². The van der Waals surface area contributed by atoms with Gasteiger partial charge in [0.05, 0.1) is 12.7 Å². The molecule has 1 fully saturated rings. The highest BCUT2D eigenvalue weighted by Gasteiger charge is 2.22. The Balaban J connectivity index is 2.18. The number of benzene rings is 1. The van der Waals surface area contributed by atoms with E-state index < -0.39 is 0 Å². The summed E-state index contributed by atoms with van der Waals surface area (Å²) in [6.45, 7) is 3.01. The average molecular weight is 183 g/mol. The summed E-state index contributed by atoms with van der Waals surface area (Å²) in [6.07, 6.45) is 1.49. The molecule has 1 aliphatic heterocycles. The zero-order valence-corrected chi connectivity index (χ0v) is 7.77. The first-order chi connectivity index (χ1) is 5.75. The highest BCUT2D eigenvalue weighted by atomic mass is 35.5. The lowest BCUT2D eigenvalue weighted by Crippen LogP contribution is -1.95. The Morgan fingerprint density at radius 2 is 2.33 bits per heavy atom. The van der Waals surface area contributed by atoms with E-state index >= 15 is 0 Å². The van der Waals surface area contributed by atoms with Gasteiger partial charge in [-0.3, -0.25) is 0 Å². The molecule has 1 saturated heterocycles. The molecule has 0 saturated carbocycles. The van der Waals surface area contributed by atoms with Crippen molar-refractivity contribution in [1.29, 1.82) is 0 Å². The Morgan fingerprint density at radius 3 is 2.92 bits per heavy atom. The van der Waals surface area contributed by atoms with Crippen LogP contribution in [0.3, 0.4) is 0 Å². The molecule has 1 aromatic carbocycles. The highest BCUT2D eigenvalue weighted by Crippen LogP contribution is 2.21. The average Bonchev–Trinajstić information content (AvgIpc) is 2.79. The Hall–Kier alpha value is -0.530. The van der Waals surface area contributed by atoms with E-state index in [1.807, 2.05) is 12.1 Å². The molecule has 0 bridgehead atoms. The number of halogens is 1. The fourth-order valence-corrected chi connectivity index (χ4v) is 1.55. The summed E-state index contributed by atoms with van der Waals surface area (Å²) in [4.78, 5) is 0. The Labute approximate surface area is 77.3 Å². The molecule has 0 aliphatic carbocycles. The van der Waals surface area contributed by atoms with E-state index in [9.17, 15) is 0 Å². The van der Waals surface area contributed by atoms with Crippen LogP contribution in [0.1, 0.15) is 11.1 Å². The number of ether oxygens (including phenoxy) is 1. The van der Waals surface area contributed by atoms with Crippen molar-refractivity contribution in [1.82, 2.24) is 0 Å². The van der Waals surface area contributed by atoms with Crippen LogP contribution in [0, 0.1) is 6.92 Å². The molecule has 0 amide bonds. The van der Waals surface area contributed by atoms with E-state index in [4.69, 9.17) is 16.3 Å². The number of aryl methyl sites for hydroxylation is 1. The number of hydrogen-bond acceptors (Lipinski definition) is 1. The minimum atomic E-state index is 0.463. The van der Waals surface area contributed by atoms with Gasteiger partial charge in [-0.2, -0.15) is 0 Å². The minimum absolute atomic E-state index is 0.463. The summed E-state index contributed by atoms with van der Waals surface area (Å²) in [5.74, 6) is 0. The minimum Gasteiger partial charge on any atom is -0.373 e. The van der Waals surface area contributed by atoms with Gasteiger partial charge in [-0.05, 0) is 30.2 Å². The van der Waals surface area contributed by atoms with Crippen molar-refractivity contribution in [3.05, 3.63) is 34.3 Å². The molecule has 1 unspecified atom stereocenters. The first kappa shape index (κ1) is 8.09. The smallest absolute Gasteiger partial charge is 0.0850 e. The van der Waals surface area contributed by atoms with Crippen molar-refractivity contribution >= 4 is 11.6 Å². The fraction of sp³-hybridized carbons (Fsp3) is 0.400. The molecular weight excluding hydrogens is 172 g/mol. The number of hydrogen-bond donors (Lipinski definition) is 0. The van der Waals surface area contributed by atoms with Crippen LogP contribution < -0.4 is 0 Å². The second kappa shape index (κ2) is 3.08. The molecule has 64 valence electrons. The second-order valence-corrected chi connectivity index (χ2v) is 3.67. The molecular formula is C10H11ClO. The summed E-state index contributed by atoms with van der Waals surface area (Å²) < 4.78 is 5.16. The van der Waals surface area contributed by atoms with Gasteiger partial charge < -0.3 is 4.74 Å². The van der Waals surface area contributed by atoms with E-state index in [2.05, 4.69) is 13.0 Å². The van der Waals surface area contributed by atoms with Crippen LogP contribution >= 0.6 is 11.6 Å². The summed E-state index contributed by atoms with van der Waals surface area (Å²) in [6, 6.07) is 6.02. The molecule has 1 atom stereocenters. The molecule has 0 aromatic heterocycles. The van der Waals surface area contributed by atoms with Crippen molar-refractivity contribution < 1.29 is 4.74 Å². The number of epoxide rings is 1. The zero-order valence-electron chi connectivity index (χ0n) is 7.01. The van der Waals surface area contributed by atoms with Crippen LogP contribution in [0.25, 0.3) is 0 Å². The van der Waals surface area contributed by atoms with Crippen LogP contribution in [-0.2, 0) is 11.2 Å². The normalized spacial score (nSPS) is 21.0. The van der Waals surface area contributed by atoms with E-state index in [1.54, 1.807) is 0 Å². The van der Waals surface area contributed by atoms with Gasteiger partial charge in [-0.15, -0.1) is 0 Å². The van der Waals surface area contributed by atoms with Crippen LogP contribution in [0.4, 0.5) is 0 Å². The lowest BCUT2D eigenvalue weighted by atomic mass is 10.0. The Morgan fingerprint density at radius 1 is 1.58 bits per heavy atom. The molecule has 12 heavy (non-hydrogen) atoms. The monoisotopic (exact) mass is 182 g/mol. The van der Waals surface area contributed by atoms with E-state index in [0.29, 0.717) is 6.10 Å². The van der Waals surface area contributed by atoms with Crippen LogP contribution in [0.2, 0.25) is 5.02 Å². The van der Waals surface area contributed by atoms with Gasteiger partial charge in [-0.25, -0.2) is 0 Å². The van der Waals surface area contributed by atoms with Crippen molar-refractivity contribution in [3.8, 4) is 0 Å². The predicted molar refractivity (Wildman–Crippen MR) is 49.6 cm³/mol. The maximum Gasteiger partial charge on any atom is 0.0850 e. The molecule has 1 heterocycles. The van der Waals surface area contributed by atoms with Crippen molar-refractivity contribution in [3.63, 3.8) is 0 Å². The molecule has 1 aromatic rings. The van der Waals surface area contributed by atoms with Crippen LogP contribution in [0.15, 0.2) is 18.2 Å². The molecule has 1 aliphatic rings. The van der Waals surface area contributed by atoms with Crippen molar-refractivity contribution in [2.75, 3.05) is 6.61 Å². The third-order valence-electron chi connectivity index (χ3n) is 2.15. The van der Waals surface area contributed by atoms with E-state index in [-0.39, 0.29) is 0 Å². The van der Waals surface area contributed by atoms with Gasteiger partial charge in [-0.1, -0.05) is 17.7 Å². The topological polar surface area (TPSA) is 12.5 Å². The Kier molecular flexibility index (Phi) is 2.07. The fourth-order valence-electron chi connectivity index (χ4n) is 1.32. The van der Waals surface area contributed by atoms with Gasteiger partial charge >= 0.3 is 0 Å². The molecule has 0 N–H and O–H groups in total. The summed E-state index contributed by atoms with van der Waals surface area (Å²) >= 11 is 5.84. The van der Waals surface area contributed by atoms with E-state index in [0.717, 1.165) is 18.1 Å². The summed E-state index contributed by atoms with van der Waals surface area (Å²) in [5, 5.41) is 0.813. The second-order valence-electron chi connectivity index (χ2n) is 3.23. The molecule has 2 rings (SSSR count). The van der Waals surface area contributed by atoms with E-state index in [1.165, 1.54) is 11.1 Å². The van der Waals surface area contributed by atoms with Crippen molar-refractivity contribution in [2.45, 2.75) is 19.4 Å². The molecule has 0 spiro atoms. The first-order valence-electron chi connectivity index (χ1n) is 4.12. The van der Waals surface area contributed by atoms with Crippen LogP contribution in [0.5, 0.6) is 0 Å². The SMILES string of the molecule is Cc1cc(Cl)ccc1CC1CO1. The zero-order chi connectivity index (χ0) is 8.55. The quantitative estimate of drug-likeness (QED) is 0.641. The summed E-state index contributed by atoms with van der Waals surface area (Å²) in [5.41, 5.74) is 2.61. The summed E-state index contributed by atoms with van der Waals surface area (Å²) in [7, 11) is 0. The van der Waals surface area contributed by atoms with Gasteiger partial charge in [0.15, 0.2) is 0 Å². The Bertz CT molecular complexity index is 292. The van der Waals surface area contributed by atoms with Crippen molar-refractivity contribution in [2.24, 2.45) is 0 Å². The van der Waals surface area contributed by atoms with Gasteiger partial charge in [0, 0.05) is 11.4 Å². The predicted octanol–water partition coefficient (Wildman–Crippen LogP) is 2.59. The third kappa shape index (κ3) is 1.79. The maximum absolute atomic E-state index is 5.84. The van der Waals surface area contributed by atoms with Gasteiger partial charge in [0.2, 0.25) is 0 Å². The third-order valence-corrected chi connectivity index (χ3v) is 2.39. The number of rotatable bonds is 2. The molecule has 1 nitrogen and oxygen atoms in total. The molecule has 0 radical (unpaired) electrons. The lowest BCUT2D eigenvalue weighted by Gasteiger charge is -2.03. The standard InChI is InChI=1S/C10H11ClO/c1-7-4-9(11)3-2-8(7)5-10-6-12-10/h2-4,10H,5-6H2,1H3. The van der Waals surface area contributed by atoms with Gasteiger partial charge in [0.25, 0.3) is 0 Å². The van der Waals surface area contributed by atoms with Gasteiger partial charge in [0.1, 0.15) is 0 Å².